The van der Waals surface area contributed by atoms with Crippen LogP contribution in [0.25, 0.3) is 11.0 Å². The molecule has 2 heterocycles. The van der Waals surface area contributed by atoms with Gasteiger partial charge in [-0.2, -0.15) is 5.10 Å². The fraction of sp³-hybridized carbons (Fsp3) is 0.0714. The van der Waals surface area contributed by atoms with E-state index < -0.39 is 11.8 Å². The quantitative estimate of drug-likeness (QED) is 0.808. The van der Waals surface area contributed by atoms with Crippen LogP contribution < -0.4 is 0 Å². The Labute approximate surface area is 123 Å². The van der Waals surface area contributed by atoms with Crippen LogP contribution in [0.2, 0.25) is 5.02 Å². The van der Waals surface area contributed by atoms with Gasteiger partial charge < -0.3 is 5.11 Å². The predicted molar refractivity (Wildman–Crippen MR) is 75.0 cm³/mol. The summed E-state index contributed by atoms with van der Waals surface area (Å²) in [5.74, 6) is -1.58. The van der Waals surface area contributed by atoms with Crippen molar-refractivity contribution in [2.75, 3.05) is 0 Å². The van der Waals surface area contributed by atoms with Gasteiger partial charge in [-0.25, -0.2) is 9.18 Å². The second-order valence-corrected chi connectivity index (χ2v) is 4.83. The van der Waals surface area contributed by atoms with Gasteiger partial charge in [-0.05, 0) is 29.8 Å². The standard InChI is InChI=1S/C14H9ClFN3O2/c15-10-6-9(16)4-3-8(10)7-19-11-2-1-5-17-12(11)13(18-19)14(20)21/h1-6H,7H2,(H,20,21). The van der Waals surface area contributed by atoms with E-state index >= 15 is 0 Å². The zero-order chi connectivity index (χ0) is 15.0. The van der Waals surface area contributed by atoms with Crippen LogP contribution in [0.5, 0.6) is 0 Å². The average molecular weight is 306 g/mol. The number of pyridine rings is 1. The summed E-state index contributed by atoms with van der Waals surface area (Å²) >= 11 is 5.99. The van der Waals surface area contributed by atoms with Crippen molar-refractivity contribution in [3.8, 4) is 0 Å². The lowest BCUT2D eigenvalue weighted by molar-refractivity contribution is 0.0691. The van der Waals surface area contributed by atoms with Crippen LogP contribution in [-0.4, -0.2) is 25.8 Å². The third-order valence-electron chi connectivity index (χ3n) is 3.05. The van der Waals surface area contributed by atoms with E-state index in [1.165, 1.54) is 23.0 Å². The number of carboxylic acid groups (broad SMARTS) is 1. The highest BCUT2D eigenvalue weighted by atomic mass is 35.5. The molecule has 106 valence electrons. The first-order valence-electron chi connectivity index (χ1n) is 6.05. The Morgan fingerprint density at radius 2 is 2.19 bits per heavy atom. The van der Waals surface area contributed by atoms with Crippen LogP contribution in [0.3, 0.4) is 0 Å². The molecule has 0 spiro atoms. The number of hydrogen-bond acceptors (Lipinski definition) is 3. The number of benzene rings is 1. The summed E-state index contributed by atoms with van der Waals surface area (Å²) in [6.07, 6.45) is 1.51. The molecule has 0 radical (unpaired) electrons. The van der Waals surface area contributed by atoms with Crippen molar-refractivity contribution >= 4 is 28.6 Å². The smallest absolute Gasteiger partial charge is 0.358 e. The van der Waals surface area contributed by atoms with Crippen molar-refractivity contribution in [2.45, 2.75) is 6.54 Å². The minimum Gasteiger partial charge on any atom is -0.476 e. The summed E-state index contributed by atoms with van der Waals surface area (Å²) in [5, 5.41) is 13.5. The van der Waals surface area contributed by atoms with Crippen LogP contribution in [0, 0.1) is 5.82 Å². The first-order chi connectivity index (χ1) is 10.1. The van der Waals surface area contributed by atoms with Crippen LogP contribution >= 0.6 is 11.6 Å². The van der Waals surface area contributed by atoms with Crippen molar-refractivity contribution in [1.29, 1.82) is 0 Å². The highest BCUT2D eigenvalue weighted by Crippen LogP contribution is 2.21. The van der Waals surface area contributed by atoms with Crippen LogP contribution in [-0.2, 0) is 6.54 Å². The first-order valence-corrected chi connectivity index (χ1v) is 6.43. The fourth-order valence-corrected chi connectivity index (χ4v) is 2.31. The third-order valence-corrected chi connectivity index (χ3v) is 3.40. The largest absolute Gasteiger partial charge is 0.476 e. The normalized spacial score (nSPS) is 11.0. The first kappa shape index (κ1) is 13.5. The lowest BCUT2D eigenvalue weighted by Gasteiger charge is -2.05. The van der Waals surface area contributed by atoms with Crippen LogP contribution in [0.1, 0.15) is 16.1 Å². The molecule has 0 unspecified atom stereocenters. The second kappa shape index (κ2) is 5.14. The summed E-state index contributed by atoms with van der Waals surface area (Å²) < 4.78 is 14.5. The maximum atomic E-state index is 13.1. The van der Waals surface area contributed by atoms with Gasteiger partial charge in [-0.3, -0.25) is 9.67 Å². The molecule has 2 aromatic heterocycles. The van der Waals surface area contributed by atoms with E-state index in [-0.39, 0.29) is 17.3 Å². The monoisotopic (exact) mass is 305 g/mol. The van der Waals surface area contributed by atoms with Gasteiger partial charge in [0.2, 0.25) is 0 Å². The lowest BCUT2D eigenvalue weighted by atomic mass is 10.2. The van der Waals surface area contributed by atoms with E-state index in [4.69, 9.17) is 16.7 Å². The van der Waals surface area contributed by atoms with E-state index in [9.17, 15) is 9.18 Å². The van der Waals surface area contributed by atoms with Crippen molar-refractivity contribution in [3.63, 3.8) is 0 Å². The van der Waals surface area contributed by atoms with Crippen molar-refractivity contribution in [1.82, 2.24) is 14.8 Å². The molecule has 0 bridgehead atoms. The van der Waals surface area contributed by atoms with Gasteiger partial charge in [0.25, 0.3) is 0 Å². The molecule has 0 amide bonds. The molecule has 0 aliphatic heterocycles. The Kier molecular flexibility index (Phi) is 3.31. The van der Waals surface area contributed by atoms with E-state index in [1.807, 2.05) is 0 Å². The molecule has 0 atom stereocenters. The van der Waals surface area contributed by atoms with E-state index in [2.05, 4.69) is 10.1 Å². The number of hydrogen-bond donors (Lipinski definition) is 1. The number of carbonyl (C=O) groups is 1. The number of halogens is 2. The number of fused-ring (bicyclic) bond motifs is 1. The fourth-order valence-electron chi connectivity index (χ4n) is 2.09. The van der Waals surface area contributed by atoms with Crippen molar-refractivity contribution < 1.29 is 14.3 Å². The topological polar surface area (TPSA) is 68.0 Å². The number of nitrogens with zero attached hydrogens (tertiary/aromatic N) is 3. The van der Waals surface area contributed by atoms with Crippen molar-refractivity contribution in [3.05, 3.63) is 58.6 Å². The van der Waals surface area contributed by atoms with Gasteiger partial charge in [-0.1, -0.05) is 17.7 Å². The molecule has 5 nitrogen and oxygen atoms in total. The zero-order valence-corrected chi connectivity index (χ0v) is 11.4. The van der Waals surface area contributed by atoms with Gasteiger partial charge in [0.15, 0.2) is 5.69 Å². The molecule has 7 heteroatoms. The molecule has 0 fully saturated rings. The Hall–Kier alpha value is -2.47. The van der Waals surface area contributed by atoms with Gasteiger partial charge in [-0.15, -0.1) is 0 Å². The number of rotatable bonds is 3. The van der Waals surface area contributed by atoms with Gasteiger partial charge >= 0.3 is 5.97 Å². The van der Waals surface area contributed by atoms with E-state index in [0.717, 1.165) is 0 Å². The number of carboxylic acids is 1. The molecule has 3 rings (SSSR count). The van der Waals surface area contributed by atoms with E-state index in [1.54, 1.807) is 18.2 Å². The molecule has 0 saturated heterocycles. The summed E-state index contributed by atoms with van der Waals surface area (Å²) in [6.45, 7) is 0.231. The Bertz CT molecular complexity index is 847. The van der Waals surface area contributed by atoms with Gasteiger partial charge in [0.1, 0.15) is 11.3 Å². The number of aromatic carboxylic acids is 1. The van der Waals surface area contributed by atoms with Crippen LogP contribution in [0.15, 0.2) is 36.5 Å². The van der Waals surface area contributed by atoms with E-state index in [0.29, 0.717) is 16.6 Å². The summed E-state index contributed by atoms with van der Waals surface area (Å²) in [7, 11) is 0. The van der Waals surface area contributed by atoms with Crippen LogP contribution in [0.4, 0.5) is 4.39 Å². The second-order valence-electron chi connectivity index (χ2n) is 4.42. The molecular formula is C14H9ClFN3O2. The lowest BCUT2D eigenvalue weighted by Crippen LogP contribution is -2.05. The minimum atomic E-state index is -1.15. The Morgan fingerprint density at radius 1 is 1.38 bits per heavy atom. The highest BCUT2D eigenvalue weighted by molar-refractivity contribution is 6.31. The highest BCUT2D eigenvalue weighted by Gasteiger charge is 2.17. The number of aromatic nitrogens is 3. The maximum absolute atomic E-state index is 13.1. The SMILES string of the molecule is O=C(O)c1nn(Cc2ccc(F)cc2Cl)c2cccnc12. The molecular weight excluding hydrogens is 297 g/mol. The molecule has 3 aromatic rings. The minimum absolute atomic E-state index is 0.121. The maximum Gasteiger partial charge on any atom is 0.358 e. The van der Waals surface area contributed by atoms with Gasteiger partial charge in [0.05, 0.1) is 12.1 Å². The molecule has 0 aliphatic carbocycles. The average Bonchev–Trinajstić information content (AvgIpc) is 2.81. The molecule has 1 N–H and O–H groups in total. The summed E-state index contributed by atoms with van der Waals surface area (Å²) in [5.41, 5.74) is 1.41. The van der Waals surface area contributed by atoms with Gasteiger partial charge in [0, 0.05) is 11.2 Å². The molecule has 21 heavy (non-hydrogen) atoms. The van der Waals surface area contributed by atoms with Crippen molar-refractivity contribution in [2.24, 2.45) is 0 Å². The summed E-state index contributed by atoms with van der Waals surface area (Å²) in [6, 6.07) is 7.46. The molecule has 0 aliphatic rings. The molecule has 1 aromatic carbocycles. The Morgan fingerprint density at radius 3 is 2.90 bits per heavy atom. The zero-order valence-electron chi connectivity index (χ0n) is 10.6. The third kappa shape index (κ3) is 2.45. The predicted octanol–water partition coefficient (Wildman–Crippen LogP) is 2.97. The Balaban J connectivity index is 2.10. The molecule has 0 saturated carbocycles. The summed E-state index contributed by atoms with van der Waals surface area (Å²) in [4.78, 5) is 15.2.